The molecule has 0 amide bonds. The number of benzene rings is 5. The van der Waals surface area contributed by atoms with E-state index in [1.165, 1.54) is 69.3 Å². The van der Waals surface area contributed by atoms with E-state index in [4.69, 9.17) is 4.74 Å². The molecular formula is C34H29NO. The summed E-state index contributed by atoms with van der Waals surface area (Å²) < 4.78 is 6.30. The van der Waals surface area contributed by atoms with E-state index in [-0.39, 0.29) is 0 Å². The summed E-state index contributed by atoms with van der Waals surface area (Å²) in [5.74, 6) is 0.996. The molecule has 1 aromatic heterocycles. The molecule has 1 aliphatic rings. The summed E-state index contributed by atoms with van der Waals surface area (Å²) in [5.41, 5.74) is 5.31. The van der Waals surface area contributed by atoms with E-state index in [9.17, 15) is 0 Å². The first-order valence-corrected chi connectivity index (χ1v) is 12.8. The van der Waals surface area contributed by atoms with Gasteiger partial charge in [-0.05, 0) is 76.7 Å². The Bertz CT molecular complexity index is 1570. The van der Waals surface area contributed by atoms with Crippen LogP contribution in [0.3, 0.4) is 0 Å². The minimum atomic E-state index is 0.603. The highest BCUT2D eigenvalue weighted by atomic mass is 16.5. The van der Waals surface area contributed by atoms with Gasteiger partial charge in [0.15, 0.2) is 0 Å². The van der Waals surface area contributed by atoms with E-state index >= 15 is 0 Å². The lowest BCUT2D eigenvalue weighted by Gasteiger charge is -2.20. The van der Waals surface area contributed by atoms with Gasteiger partial charge in [-0.1, -0.05) is 91.0 Å². The lowest BCUT2D eigenvalue weighted by atomic mass is 9.86. The van der Waals surface area contributed by atoms with Crippen molar-refractivity contribution in [3.8, 4) is 5.75 Å². The number of hydrogen-bond donors (Lipinski definition) is 0. The number of rotatable bonds is 3. The maximum atomic E-state index is 6.30. The third-order valence-corrected chi connectivity index (χ3v) is 7.08. The topological polar surface area (TPSA) is 22.1 Å². The van der Waals surface area contributed by atoms with Crippen molar-refractivity contribution in [2.75, 3.05) is 0 Å². The van der Waals surface area contributed by atoms with Crippen LogP contribution >= 0.6 is 0 Å². The molecule has 7 rings (SSSR count). The van der Waals surface area contributed by atoms with Crippen LogP contribution in [0.4, 0.5) is 0 Å². The predicted octanol–water partition coefficient (Wildman–Crippen LogP) is 8.69. The molecule has 0 spiro atoms. The molecule has 0 atom stereocenters. The standard InChI is InChI=1S/C25H22O.C9H7N/c1-2-8-18(9-3-1)17-26-25-16-24-20-11-5-4-10-19(20)14-15-22(24)21-12-6-7-13-23(21)25;1-2-6-9-8(4-1)5-3-7-10-9/h1-3,6-9,12-16H,4-5,10-11,17H2;1-7H. The highest BCUT2D eigenvalue weighted by Gasteiger charge is 2.16. The van der Waals surface area contributed by atoms with Crippen LogP contribution in [0.2, 0.25) is 0 Å². The SMILES string of the molecule is c1ccc(COc2cc3c4c(ccc3c3ccccc23)CCCC4)cc1.c1ccc2ncccc2c1. The maximum Gasteiger partial charge on any atom is 0.128 e. The van der Waals surface area contributed by atoms with Crippen molar-refractivity contribution >= 4 is 32.4 Å². The fourth-order valence-electron chi connectivity index (χ4n) is 5.27. The minimum Gasteiger partial charge on any atom is -0.488 e. The Kier molecular flexibility index (Phi) is 6.33. The van der Waals surface area contributed by atoms with Gasteiger partial charge in [-0.15, -0.1) is 0 Å². The van der Waals surface area contributed by atoms with Gasteiger partial charge in [0.1, 0.15) is 12.4 Å². The van der Waals surface area contributed by atoms with Gasteiger partial charge in [-0.3, -0.25) is 4.98 Å². The zero-order chi connectivity index (χ0) is 24.2. The van der Waals surface area contributed by atoms with E-state index < -0.39 is 0 Å². The molecule has 0 bridgehead atoms. The zero-order valence-electron chi connectivity index (χ0n) is 20.4. The van der Waals surface area contributed by atoms with E-state index in [2.05, 4.69) is 83.8 Å². The number of para-hydroxylation sites is 1. The Hall–Kier alpha value is -4.17. The molecule has 0 saturated heterocycles. The molecule has 0 fully saturated rings. The van der Waals surface area contributed by atoms with Crippen molar-refractivity contribution in [1.29, 1.82) is 0 Å². The Morgan fingerprint density at radius 3 is 2.22 bits per heavy atom. The smallest absolute Gasteiger partial charge is 0.128 e. The van der Waals surface area contributed by atoms with Crippen molar-refractivity contribution in [3.63, 3.8) is 0 Å². The number of aromatic nitrogens is 1. The van der Waals surface area contributed by atoms with Gasteiger partial charge in [-0.25, -0.2) is 0 Å². The third kappa shape index (κ3) is 4.55. The van der Waals surface area contributed by atoms with E-state index in [1.54, 1.807) is 0 Å². The van der Waals surface area contributed by atoms with Gasteiger partial charge < -0.3 is 4.74 Å². The van der Waals surface area contributed by atoms with Gasteiger partial charge in [-0.2, -0.15) is 0 Å². The summed E-state index contributed by atoms with van der Waals surface area (Å²) in [6.07, 6.45) is 6.80. The molecule has 2 nitrogen and oxygen atoms in total. The molecule has 176 valence electrons. The first-order chi connectivity index (χ1) is 17.9. The lowest BCUT2D eigenvalue weighted by molar-refractivity contribution is 0.310. The van der Waals surface area contributed by atoms with E-state index in [0.29, 0.717) is 6.61 Å². The van der Waals surface area contributed by atoms with Gasteiger partial charge >= 0.3 is 0 Å². The average molecular weight is 468 g/mol. The molecule has 0 N–H and O–H groups in total. The average Bonchev–Trinajstić information content (AvgIpc) is 2.97. The number of nitrogens with zero attached hydrogens (tertiary/aromatic N) is 1. The number of ether oxygens (including phenoxy) is 1. The van der Waals surface area contributed by atoms with Gasteiger partial charge in [0.2, 0.25) is 0 Å². The molecule has 1 aliphatic carbocycles. The summed E-state index contributed by atoms with van der Waals surface area (Å²) >= 11 is 0. The first kappa shape index (κ1) is 22.3. The van der Waals surface area contributed by atoms with Crippen LogP contribution in [0, 0.1) is 0 Å². The lowest BCUT2D eigenvalue weighted by Crippen LogP contribution is -2.04. The summed E-state index contributed by atoms with van der Waals surface area (Å²) in [6.45, 7) is 0.603. The van der Waals surface area contributed by atoms with Crippen molar-refractivity contribution in [3.05, 3.63) is 132 Å². The molecule has 0 saturated carbocycles. The van der Waals surface area contributed by atoms with Crippen molar-refractivity contribution in [2.24, 2.45) is 0 Å². The van der Waals surface area contributed by atoms with Crippen molar-refractivity contribution in [2.45, 2.75) is 32.3 Å². The van der Waals surface area contributed by atoms with E-state index in [1.807, 2.05) is 36.5 Å². The van der Waals surface area contributed by atoms with Crippen LogP contribution in [-0.4, -0.2) is 4.98 Å². The van der Waals surface area contributed by atoms with Crippen molar-refractivity contribution in [1.82, 2.24) is 4.98 Å². The monoisotopic (exact) mass is 467 g/mol. The predicted molar refractivity (Wildman–Crippen MR) is 151 cm³/mol. The largest absolute Gasteiger partial charge is 0.488 e. The van der Waals surface area contributed by atoms with Gasteiger partial charge in [0.05, 0.1) is 5.52 Å². The van der Waals surface area contributed by atoms with Crippen LogP contribution in [0.15, 0.2) is 115 Å². The Morgan fingerprint density at radius 1 is 0.611 bits per heavy atom. The second-order valence-electron chi connectivity index (χ2n) is 9.40. The molecular weight excluding hydrogens is 438 g/mol. The molecule has 0 unspecified atom stereocenters. The molecule has 36 heavy (non-hydrogen) atoms. The van der Waals surface area contributed by atoms with E-state index in [0.717, 1.165) is 11.3 Å². The number of aryl methyl sites for hydroxylation is 2. The Balaban J connectivity index is 0.000000200. The second kappa shape index (κ2) is 10.2. The maximum absolute atomic E-state index is 6.30. The molecule has 0 aliphatic heterocycles. The minimum absolute atomic E-state index is 0.603. The third-order valence-electron chi connectivity index (χ3n) is 7.08. The second-order valence-corrected chi connectivity index (χ2v) is 9.40. The summed E-state index contributed by atoms with van der Waals surface area (Å²) in [4.78, 5) is 4.18. The number of fused-ring (bicyclic) bond motifs is 6. The van der Waals surface area contributed by atoms with Crippen molar-refractivity contribution < 1.29 is 4.74 Å². The van der Waals surface area contributed by atoms with Crippen LogP contribution in [0.5, 0.6) is 5.75 Å². The summed E-state index contributed by atoms with van der Waals surface area (Å²) in [7, 11) is 0. The first-order valence-electron chi connectivity index (χ1n) is 12.8. The molecule has 0 radical (unpaired) electrons. The highest BCUT2D eigenvalue weighted by molar-refractivity contribution is 6.11. The van der Waals surface area contributed by atoms with Gasteiger partial charge in [0.25, 0.3) is 0 Å². The fourth-order valence-corrected chi connectivity index (χ4v) is 5.27. The highest BCUT2D eigenvalue weighted by Crippen LogP contribution is 2.38. The summed E-state index contributed by atoms with van der Waals surface area (Å²) in [5, 5.41) is 6.43. The number of hydrogen-bond acceptors (Lipinski definition) is 2. The molecule has 2 heteroatoms. The Labute approximate surface area is 212 Å². The van der Waals surface area contributed by atoms with Crippen LogP contribution in [0.25, 0.3) is 32.4 Å². The number of pyridine rings is 1. The molecule has 5 aromatic carbocycles. The van der Waals surface area contributed by atoms with Crippen LogP contribution < -0.4 is 4.74 Å². The molecule has 1 heterocycles. The normalized spacial score (nSPS) is 12.7. The fraction of sp³-hybridized carbons (Fsp3) is 0.147. The zero-order valence-corrected chi connectivity index (χ0v) is 20.4. The quantitative estimate of drug-likeness (QED) is 0.243. The summed E-state index contributed by atoms with van der Waals surface area (Å²) in [6, 6.07) is 38.0. The Morgan fingerprint density at radius 2 is 1.33 bits per heavy atom. The van der Waals surface area contributed by atoms with Gasteiger partial charge in [0, 0.05) is 17.0 Å². The van der Waals surface area contributed by atoms with Crippen LogP contribution in [0.1, 0.15) is 29.5 Å². The molecule has 6 aromatic rings. The van der Waals surface area contributed by atoms with Crippen LogP contribution in [-0.2, 0) is 19.4 Å².